The van der Waals surface area contributed by atoms with E-state index < -0.39 is 35.3 Å². The van der Waals surface area contributed by atoms with Crippen molar-refractivity contribution in [3.8, 4) is 0 Å². The molecule has 1 saturated heterocycles. The van der Waals surface area contributed by atoms with Gasteiger partial charge in [-0.25, -0.2) is 4.79 Å². The van der Waals surface area contributed by atoms with E-state index in [0.29, 0.717) is 26.4 Å². The van der Waals surface area contributed by atoms with Crippen LogP contribution < -0.4 is 10.6 Å². The summed E-state index contributed by atoms with van der Waals surface area (Å²) in [6.07, 6.45) is -0.736. The quantitative estimate of drug-likeness (QED) is 0.229. The van der Waals surface area contributed by atoms with Crippen LogP contribution >= 0.6 is 46.7 Å². The molecule has 0 bridgehead atoms. The predicted octanol–water partition coefficient (Wildman–Crippen LogP) is 5.63. The van der Waals surface area contributed by atoms with Gasteiger partial charge in [0.1, 0.15) is 17.1 Å². The maximum absolute atomic E-state index is 13.8. The number of ether oxygens (including phenoxy) is 1. The van der Waals surface area contributed by atoms with Crippen LogP contribution in [0.2, 0.25) is 10.0 Å². The van der Waals surface area contributed by atoms with Gasteiger partial charge in [0.05, 0.1) is 17.3 Å². The van der Waals surface area contributed by atoms with E-state index in [2.05, 4.69) is 10.6 Å². The highest BCUT2D eigenvalue weighted by molar-refractivity contribution is 8.17. The van der Waals surface area contributed by atoms with Crippen LogP contribution in [-0.4, -0.2) is 51.5 Å². The Balaban J connectivity index is 1.34. The van der Waals surface area contributed by atoms with E-state index in [1.54, 1.807) is 18.2 Å². The molecule has 3 aromatic rings. The van der Waals surface area contributed by atoms with Crippen molar-refractivity contribution in [3.63, 3.8) is 0 Å². The number of carbonyl (C=O) groups excluding carboxylic acids is 4. The van der Waals surface area contributed by atoms with Crippen LogP contribution in [-0.2, 0) is 23.9 Å². The van der Waals surface area contributed by atoms with Gasteiger partial charge in [0.25, 0.3) is 5.91 Å². The lowest BCUT2D eigenvalue weighted by Gasteiger charge is -2.49. The van der Waals surface area contributed by atoms with Gasteiger partial charge in [-0.2, -0.15) is 0 Å². The third kappa shape index (κ3) is 6.62. The number of hydrogen-bond donors (Lipinski definition) is 2. The lowest BCUT2D eigenvalue weighted by molar-refractivity contribution is -0.154. The largest absolute Gasteiger partial charge is 0.448 e. The Bertz CT molecular complexity index is 1520. The van der Waals surface area contributed by atoms with Crippen molar-refractivity contribution in [2.75, 3.05) is 17.6 Å². The number of nitrogens with one attached hydrogen (secondary N) is 2. The van der Waals surface area contributed by atoms with E-state index in [1.165, 1.54) is 23.6 Å². The normalized spacial score (nSPS) is 17.8. The summed E-state index contributed by atoms with van der Waals surface area (Å²) in [5.41, 5.74) is 2.02. The van der Waals surface area contributed by atoms with Crippen molar-refractivity contribution < 1.29 is 23.9 Å². The number of esters is 1. The van der Waals surface area contributed by atoms with Crippen molar-refractivity contribution in [2.24, 2.45) is 0 Å². The fourth-order valence-electron chi connectivity index (χ4n) is 4.61. The minimum Gasteiger partial charge on any atom is -0.448 e. The number of thioether (sulfide) groups is 2. The smallest absolute Gasteiger partial charge is 0.356 e. The topological polar surface area (TPSA) is 105 Å². The summed E-state index contributed by atoms with van der Waals surface area (Å²) >= 11 is 14.4. The van der Waals surface area contributed by atoms with E-state index in [-0.39, 0.29) is 17.4 Å². The first kappa shape index (κ1) is 30.0. The van der Waals surface area contributed by atoms with E-state index in [1.807, 2.05) is 60.7 Å². The molecule has 2 aliphatic heterocycles. The number of halogens is 2. The molecule has 1 fully saturated rings. The third-order valence-corrected chi connectivity index (χ3v) is 9.41. The summed E-state index contributed by atoms with van der Waals surface area (Å²) in [4.78, 5) is 53.7. The number of benzene rings is 3. The van der Waals surface area contributed by atoms with Crippen molar-refractivity contribution in [3.05, 3.63) is 111 Å². The zero-order valence-corrected chi connectivity index (χ0v) is 25.4. The van der Waals surface area contributed by atoms with Crippen LogP contribution in [0, 0.1) is 0 Å². The minimum atomic E-state index is -0.857. The SMILES string of the molecule is CC(=O)SC1=C(C(=O)OC(c2ccccc2)c2ccccc2)N2C(=O)[C@@H](NC(=O)CNc3cc(Cl)ccc3Cl)[C@H]2SC1. The monoisotopic (exact) mass is 641 g/mol. The summed E-state index contributed by atoms with van der Waals surface area (Å²) < 4.78 is 6.05. The molecular weight excluding hydrogens is 617 g/mol. The molecule has 8 nitrogen and oxygen atoms in total. The number of hydrogen-bond acceptors (Lipinski definition) is 8. The molecule has 0 aliphatic carbocycles. The fourth-order valence-corrected chi connectivity index (χ4v) is 7.23. The molecule has 0 saturated carbocycles. The zero-order valence-electron chi connectivity index (χ0n) is 22.2. The van der Waals surface area contributed by atoms with Crippen LogP contribution in [0.15, 0.2) is 89.5 Å². The van der Waals surface area contributed by atoms with E-state index in [4.69, 9.17) is 27.9 Å². The van der Waals surface area contributed by atoms with Crippen molar-refractivity contribution >= 4 is 75.3 Å². The van der Waals surface area contributed by atoms with Gasteiger partial charge in [-0.3, -0.25) is 19.3 Å². The van der Waals surface area contributed by atoms with Gasteiger partial charge in [0.2, 0.25) is 5.91 Å². The Morgan fingerprint density at radius 3 is 2.29 bits per heavy atom. The van der Waals surface area contributed by atoms with Crippen LogP contribution in [0.3, 0.4) is 0 Å². The molecule has 0 radical (unpaired) electrons. The third-order valence-electron chi connectivity index (χ3n) is 6.51. The van der Waals surface area contributed by atoms with Gasteiger partial charge in [-0.1, -0.05) is 95.6 Å². The maximum Gasteiger partial charge on any atom is 0.356 e. The number of fused-ring (bicyclic) bond motifs is 1. The molecule has 2 atom stereocenters. The molecule has 0 spiro atoms. The van der Waals surface area contributed by atoms with Gasteiger partial charge in [-0.05, 0) is 29.3 Å². The molecule has 42 heavy (non-hydrogen) atoms. The number of amides is 2. The van der Waals surface area contributed by atoms with E-state index in [0.717, 1.165) is 22.9 Å². The molecule has 12 heteroatoms. The summed E-state index contributed by atoms with van der Waals surface area (Å²) in [5, 5.41) is 5.75. The molecular formula is C30H25Cl2N3O5S2. The number of carbonyl (C=O) groups is 4. The second-order valence-electron chi connectivity index (χ2n) is 9.40. The molecule has 0 unspecified atom stereocenters. The molecule has 2 N–H and O–H groups in total. The summed E-state index contributed by atoms with van der Waals surface area (Å²) in [5.74, 6) is -1.33. The first-order valence-electron chi connectivity index (χ1n) is 12.9. The molecule has 216 valence electrons. The second kappa shape index (κ2) is 13.2. The average molecular weight is 643 g/mol. The number of nitrogens with zero attached hydrogens (tertiary/aromatic N) is 1. The number of rotatable bonds is 9. The standard InChI is InChI=1S/C30H25Cl2N3O5S2/c1-17(36)42-23-16-41-29-25(34-24(37)15-33-22-14-20(31)12-13-21(22)32)28(38)35(29)26(23)30(39)40-27(18-8-4-2-5-9-18)19-10-6-3-7-11-19/h2-14,25,27,29,33H,15-16H2,1H3,(H,34,37)/t25-,29-/m1/s1. The van der Waals surface area contributed by atoms with Gasteiger partial charge in [0.15, 0.2) is 11.2 Å². The summed E-state index contributed by atoms with van der Waals surface area (Å²) in [6.45, 7) is 1.25. The molecule has 3 aromatic carbocycles. The highest BCUT2D eigenvalue weighted by Gasteiger charge is 2.55. The highest BCUT2D eigenvalue weighted by Crippen LogP contribution is 2.44. The first-order chi connectivity index (χ1) is 20.2. The van der Waals surface area contributed by atoms with Gasteiger partial charge < -0.3 is 15.4 Å². The number of β-lactam (4-membered cyclic amide) rings is 1. The maximum atomic E-state index is 13.8. The van der Waals surface area contributed by atoms with Crippen LogP contribution in [0.5, 0.6) is 0 Å². The van der Waals surface area contributed by atoms with Crippen LogP contribution in [0.25, 0.3) is 0 Å². The molecule has 0 aromatic heterocycles. The van der Waals surface area contributed by atoms with Gasteiger partial charge >= 0.3 is 5.97 Å². The van der Waals surface area contributed by atoms with Crippen molar-refractivity contribution in [1.29, 1.82) is 0 Å². The van der Waals surface area contributed by atoms with Gasteiger partial charge in [-0.15, -0.1) is 11.8 Å². The van der Waals surface area contributed by atoms with E-state index in [9.17, 15) is 19.2 Å². The van der Waals surface area contributed by atoms with Crippen LogP contribution in [0.4, 0.5) is 5.69 Å². The minimum absolute atomic E-state index is 0.0233. The zero-order chi connectivity index (χ0) is 29.8. The Morgan fingerprint density at radius 2 is 1.67 bits per heavy atom. The van der Waals surface area contributed by atoms with E-state index >= 15 is 0 Å². The first-order valence-corrected chi connectivity index (χ1v) is 15.5. The van der Waals surface area contributed by atoms with Gasteiger partial charge in [0, 0.05) is 22.6 Å². The molecule has 2 heterocycles. The lowest BCUT2D eigenvalue weighted by atomic mass is 10.0. The lowest BCUT2D eigenvalue weighted by Crippen LogP contribution is -2.70. The summed E-state index contributed by atoms with van der Waals surface area (Å²) in [7, 11) is 0. The Morgan fingerprint density at radius 1 is 1.02 bits per heavy atom. The highest BCUT2D eigenvalue weighted by atomic mass is 35.5. The average Bonchev–Trinajstić information content (AvgIpc) is 2.99. The van der Waals surface area contributed by atoms with Crippen molar-refractivity contribution in [1.82, 2.24) is 10.2 Å². The fraction of sp³-hybridized carbons (Fsp3) is 0.200. The second-order valence-corrected chi connectivity index (χ2v) is 12.6. The molecule has 2 amide bonds. The predicted molar refractivity (Wildman–Crippen MR) is 166 cm³/mol. The summed E-state index contributed by atoms with van der Waals surface area (Å²) in [6, 6.07) is 22.5. The molecule has 2 aliphatic rings. The van der Waals surface area contributed by atoms with Crippen LogP contribution in [0.1, 0.15) is 24.2 Å². The molecule has 5 rings (SSSR count). The van der Waals surface area contributed by atoms with Crippen molar-refractivity contribution in [2.45, 2.75) is 24.4 Å². The number of anilines is 1. The Labute approximate surface area is 261 Å². The Kier molecular flexibility index (Phi) is 9.47. The Hall–Kier alpha value is -3.44.